The summed E-state index contributed by atoms with van der Waals surface area (Å²) in [4.78, 5) is 63.0. The molecule has 1 aromatic rings. The van der Waals surface area contributed by atoms with E-state index in [0.29, 0.717) is 13.0 Å². The smallest absolute Gasteiger partial charge is 0.289 e. The number of nitrogens with one attached hydrogen (secondary N) is 4. The molecule has 0 spiro atoms. The molecule has 4 amide bonds. The highest BCUT2D eigenvalue weighted by Gasteiger charge is 2.36. The van der Waals surface area contributed by atoms with Gasteiger partial charge in [-0.1, -0.05) is 38.4 Å². The van der Waals surface area contributed by atoms with Gasteiger partial charge in [-0.05, 0) is 49.8 Å². The molecule has 0 saturated carbocycles. The van der Waals surface area contributed by atoms with E-state index in [1.54, 1.807) is 6.92 Å². The first kappa shape index (κ1) is 30.0. The van der Waals surface area contributed by atoms with Crippen molar-refractivity contribution < 1.29 is 28.4 Å². The lowest BCUT2D eigenvalue weighted by atomic mass is 9.87. The van der Waals surface area contributed by atoms with Gasteiger partial charge >= 0.3 is 0 Å². The predicted octanol–water partition coefficient (Wildman–Crippen LogP) is 2.13. The number of hydrogen-bond acceptors (Lipinski definition) is 5. The van der Waals surface area contributed by atoms with Gasteiger partial charge in [0.15, 0.2) is 0 Å². The van der Waals surface area contributed by atoms with Crippen LogP contribution in [0.5, 0.6) is 0 Å². The molecule has 1 saturated heterocycles. The van der Waals surface area contributed by atoms with E-state index in [4.69, 9.17) is 11.6 Å². The molecule has 2 rings (SSSR count). The fourth-order valence-electron chi connectivity index (χ4n) is 3.91. The number of ketones is 1. The Kier molecular flexibility index (Phi) is 10.8. The van der Waals surface area contributed by atoms with E-state index in [9.17, 15) is 28.4 Å². The minimum atomic E-state index is -1.24. The lowest BCUT2D eigenvalue weighted by Gasteiger charge is -2.28. The standard InChI is InChI=1S/C26H34ClFN4O5/c1-5-29-25(37)22(34)19(12-16-10-11-30-23(16)35)32-24(36)20(14-26(2,3)4)31-21(33)9-7-15-6-8-17(27)13-18(15)28/h6-9,13,16,19-20H,5,10-12,14H2,1-4H3,(H,29,37)(H,30,35)(H,31,33)(H,32,36)/b9-7+/t16-,19?,20?/m0/s1. The maximum absolute atomic E-state index is 14.0. The minimum Gasteiger partial charge on any atom is -0.356 e. The number of benzene rings is 1. The Bertz CT molecular complexity index is 1070. The molecule has 9 nitrogen and oxygen atoms in total. The number of Topliss-reactive ketones (excluding diaryl/α,β-unsaturated/α-hetero) is 1. The third-order valence-electron chi connectivity index (χ3n) is 5.70. The van der Waals surface area contributed by atoms with Crippen LogP contribution >= 0.6 is 11.6 Å². The Morgan fingerprint density at radius 2 is 1.89 bits per heavy atom. The van der Waals surface area contributed by atoms with Crippen LogP contribution < -0.4 is 21.3 Å². The van der Waals surface area contributed by atoms with E-state index >= 15 is 0 Å². The van der Waals surface area contributed by atoms with Gasteiger partial charge in [0.05, 0.1) is 6.04 Å². The number of likely N-dealkylation sites (N-methyl/N-ethyl adjacent to an activating group) is 1. The Labute approximate surface area is 221 Å². The van der Waals surface area contributed by atoms with Gasteiger partial charge in [-0.25, -0.2) is 4.39 Å². The quantitative estimate of drug-likeness (QED) is 0.254. The first-order chi connectivity index (χ1) is 17.3. The van der Waals surface area contributed by atoms with E-state index in [2.05, 4.69) is 21.3 Å². The topological polar surface area (TPSA) is 133 Å². The van der Waals surface area contributed by atoms with Crippen molar-refractivity contribution in [3.05, 3.63) is 40.7 Å². The van der Waals surface area contributed by atoms with Gasteiger partial charge in [0.1, 0.15) is 11.9 Å². The lowest BCUT2D eigenvalue weighted by molar-refractivity contribution is -0.141. The number of hydrogen-bond donors (Lipinski definition) is 4. The van der Waals surface area contributed by atoms with Crippen LogP contribution in [0.15, 0.2) is 24.3 Å². The molecule has 1 fully saturated rings. The van der Waals surface area contributed by atoms with Crippen molar-refractivity contribution in [3.63, 3.8) is 0 Å². The van der Waals surface area contributed by atoms with Gasteiger partial charge in [0.25, 0.3) is 5.91 Å². The number of rotatable bonds is 11. The average Bonchev–Trinajstić information content (AvgIpc) is 3.20. The largest absolute Gasteiger partial charge is 0.356 e. The highest BCUT2D eigenvalue weighted by Crippen LogP contribution is 2.22. The van der Waals surface area contributed by atoms with Crippen LogP contribution in [0.4, 0.5) is 4.39 Å². The van der Waals surface area contributed by atoms with Gasteiger partial charge in [0.2, 0.25) is 23.5 Å². The molecule has 4 N–H and O–H groups in total. The van der Waals surface area contributed by atoms with Crippen LogP contribution in [-0.4, -0.2) is 54.6 Å². The van der Waals surface area contributed by atoms with Crippen LogP contribution in [0, 0.1) is 17.2 Å². The van der Waals surface area contributed by atoms with Gasteiger partial charge in [-0.15, -0.1) is 0 Å². The molecule has 1 aliphatic rings. The molecule has 1 aromatic carbocycles. The molecule has 0 radical (unpaired) electrons. The molecule has 1 heterocycles. The van der Waals surface area contributed by atoms with Gasteiger partial charge in [-0.3, -0.25) is 24.0 Å². The zero-order valence-electron chi connectivity index (χ0n) is 21.5. The van der Waals surface area contributed by atoms with E-state index in [-0.39, 0.29) is 35.9 Å². The van der Waals surface area contributed by atoms with Crippen molar-refractivity contribution in [2.45, 2.75) is 59.0 Å². The van der Waals surface area contributed by atoms with Crippen LogP contribution in [0.2, 0.25) is 5.02 Å². The molecule has 37 heavy (non-hydrogen) atoms. The van der Waals surface area contributed by atoms with E-state index in [1.165, 1.54) is 18.2 Å². The number of carbonyl (C=O) groups is 5. The number of halogens is 2. The summed E-state index contributed by atoms with van der Waals surface area (Å²) in [5, 5.41) is 10.5. The summed E-state index contributed by atoms with van der Waals surface area (Å²) in [7, 11) is 0. The fourth-order valence-corrected chi connectivity index (χ4v) is 4.07. The Balaban J connectivity index is 2.20. The summed E-state index contributed by atoms with van der Waals surface area (Å²) in [6.45, 7) is 7.94. The summed E-state index contributed by atoms with van der Waals surface area (Å²) >= 11 is 5.75. The SMILES string of the molecule is CCNC(=O)C(=O)C(C[C@@H]1CCNC1=O)NC(=O)C(CC(C)(C)C)NC(=O)/C=C/c1ccc(Cl)cc1F. The van der Waals surface area contributed by atoms with Crippen LogP contribution in [-0.2, 0) is 24.0 Å². The van der Waals surface area contributed by atoms with Crippen molar-refractivity contribution in [1.29, 1.82) is 0 Å². The first-order valence-electron chi connectivity index (χ1n) is 12.1. The zero-order chi connectivity index (χ0) is 27.8. The summed E-state index contributed by atoms with van der Waals surface area (Å²) in [6.07, 6.45) is 2.99. The maximum atomic E-state index is 14.0. The fraction of sp³-hybridized carbons (Fsp3) is 0.500. The zero-order valence-corrected chi connectivity index (χ0v) is 22.2. The van der Waals surface area contributed by atoms with Crippen molar-refractivity contribution >= 4 is 47.1 Å². The monoisotopic (exact) mass is 536 g/mol. The second kappa shape index (κ2) is 13.3. The number of amides is 4. The highest BCUT2D eigenvalue weighted by molar-refractivity contribution is 6.38. The van der Waals surface area contributed by atoms with Crippen LogP contribution in [0.3, 0.4) is 0 Å². The molecule has 1 aliphatic heterocycles. The summed E-state index contributed by atoms with van der Waals surface area (Å²) < 4.78 is 14.0. The molecule has 0 aliphatic carbocycles. The first-order valence-corrected chi connectivity index (χ1v) is 12.5. The predicted molar refractivity (Wildman–Crippen MR) is 138 cm³/mol. The normalized spacial score (nSPS) is 17.1. The molecule has 3 atom stereocenters. The molecule has 2 unspecified atom stereocenters. The van der Waals surface area contributed by atoms with Crippen LogP contribution in [0.25, 0.3) is 6.08 Å². The van der Waals surface area contributed by atoms with Crippen molar-refractivity contribution in [1.82, 2.24) is 21.3 Å². The molecule has 0 bridgehead atoms. The number of carbonyl (C=O) groups excluding carboxylic acids is 5. The lowest BCUT2D eigenvalue weighted by Crippen LogP contribution is -2.55. The molecule has 0 aromatic heterocycles. The van der Waals surface area contributed by atoms with Crippen LogP contribution in [0.1, 0.15) is 52.5 Å². The van der Waals surface area contributed by atoms with Crippen molar-refractivity contribution in [2.75, 3.05) is 13.1 Å². The Hall–Kier alpha value is -3.27. The van der Waals surface area contributed by atoms with Gasteiger partial charge in [-0.2, -0.15) is 0 Å². The van der Waals surface area contributed by atoms with Gasteiger partial charge < -0.3 is 21.3 Å². The third-order valence-corrected chi connectivity index (χ3v) is 5.94. The van der Waals surface area contributed by atoms with E-state index < -0.39 is 52.7 Å². The Morgan fingerprint density at radius 1 is 1.19 bits per heavy atom. The third kappa shape index (κ3) is 9.60. The summed E-state index contributed by atoms with van der Waals surface area (Å²) in [5.41, 5.74) is -0.259. The second-order valence-corrected chi connectivity index (χ2v) is 10.6. The molecular formula is C26H34ClFN4O5. The van der Waals surface area contributed by atoms with E-state index in [1.807, 2.05) is 20.8 Å². The van der Waals surface area contributed by atoms with Gasteiger partial charge in [0, 0.05) is 35.7 Å². The Morgan fingerprint density at radius 3 is 2.46 bits per heavy atom. The molecular weight excluding hydrogens is 503 g/mol. The highest BCUT2D eigenvalue weighted by atomic mass is 35.5. The minimum absolute atomic E-state index is 0.0422. The average molecular weight is 537 g/mol. The van der Waals surface area contributed by atoms with Crippen molar-refractivity contribution in [2.24, 2.45) is 11.3 Å². The second-order valence-electron chi connectivity index (χ2n) is 10.1. The summed E-state index contributed by atoms with van der Waals surface area (Å²) in [6, 6.07) is 1.71. The van der Waals surface area contributed by atoms with E-state index in [0.717, 1.165) is 12.1 Å². The van der Waals surface area contributed by atoms with Crippen molar-refractivity contribution in [3.8, 4) is 0 Å². The molecule has 202 valence electrons. The maximum Gasteiger partial charge on any atom is 0.289 e. The summed E-state index contributed by atoms with van der Waals surface area (Å²) in [5.74, 6) is -4.44. The molecule has 11 heteroatoms.